The van der Waals surface area contributed by atoms with Crippen molar-refractivity contribution in [1.82, 2.24) is 19.4 Å². The SMILES string of the molecule is COCCCN1CCN(C(=O)C(C)Nc2c(-c3ccc(OC(F)(F)F)cc3)nc3n2CCN=C3)CC1. The number of carbonyl (C=O) groups excluding carboxylic acids is 1. The average molecular weight is 509 g/mol. The number of methoxy groups -OCH3 is 1. The zero-order valence-corrected chi connectivity index (χ0v) is 20.4. The lowest BCUT2D eigenvalue weighted by Gasteiger charge is -2.36. The van der Waals surface area contributed by atoms with Gasteiger partial charge in [0.25, 0.3) is 0 Å². The van der Waals surface area contributed by atoms with Crippen LogP contribution in [0.15, 0.2) is 29.3 Å². The quantitative estimate of drug-likeness (QED) is 0.525. The number of aromatic nitrogens is 2. The van der Waals surface area contributed by atoms with Crippen LogP contribution in [0.25, 0.3) is 11.3 Å². The van der Waals surface area contributed by atoms with E-state index in [0.29, 0.717) is 49.1 Å². The van der Waals surface area contributed by atoms with E-state index in [1.807, 2.05) is 16.4 Å². The predicted octanol–water partition coefficient (Wildman–Crippen LogP) is 2.86. The van der Waals surface area contributed by atoms with E-state index in [4.69, 9.17) is 4.74 Å². The highest BCUT2D eigenvalue weighted by Gasteiger charge is 2.31. The third-order valence-corrected chi connectivity index (χ3v) is 6.25. The Labute approximate surface area is 207 Å². The fourth-order valence-corrected chi connectivity index (χ4v) is 4.43. The molecular weight excluding hydrogens is 477 g/mol. The summed E-state index contributed by atoms with van der Waals surface area (Å²) in [5.74, 6) is 0.945. The van der Waals surface area contributed by atoms with Crippen molar-refractivity contribution in [3.8, 4) is 17.0 Å². The second-order valence-corrected chi connectivity index (χ2v) is 8.81. The lowest BCUT2D eigenvalue weighted by Crippen LogP contribution is -2.52. The Morgan fingerprint density at radius 3 is 2.53 bits per heavy atom. The Hall–Kier alpha value is -3.12. The molecule has 1 saturated heterocycles. The van der Waals surface area contributed by atoms with Crippen molar-refractivity contribution in [2.45, 2.75) is 32.3 Å². The van der Waals surface area contributed by atoms with Gasteiger partial charge in [-0.3, -0.25) is 14.7 Å². The molecule has 0 saturated carbocycles. The number of hydrogen-bond donors (Lipinski definition) is 1. The van der Waals surface area contributed by atoms with Crippen LogP contribution in [-0.2, 0) is 16.1 Å². The lowest BCUT2D eigenvalue weighted by atomic mass is 10.1. The number of hydrogen-bond acceptors (Lipinski definition) is 7. The first-order valence-corrected chi connectivity index (χ1v) is 12.0. The molecule has 3 heterocycles. The van der Waals surface area contributed by atoms with Crippen LogP contribution in [0, 0.1) is 0 Å². The van der Waals surface area contributed by atoms with Gasteiger partial charge in [-0.05, 0) is 37.6 Å². The van der Waals surface area contributed by atoms with Crippen molar-refractivity contribution in [1.29, 1.82) is 0 Å². The summed E-state index contributed by atoms with van der Waals surface area (Å²) < 4.78 is 48.7. The first-order valence-electron chi connectivity index (χ1n) is 12.0. The summed E-state index contributed by atoms with van der Waals surface area (Å²) in [6.07, 6.45) is -2.14. The van der Waals surface area contributed by atoms with Crippen molar-refractivity contribution < 1.29 is 27.4 Å². The second kappa shape index (κ2) is 11.3. The summed E-state index contributed by atoms with van der Waals surface area (Å²) in [4.78, 5) is 26.3. The summed E-state index contributed by atoms with van der Waals surface area (Å²) in [5, 5.41) is 3.33. The summed E-state index contributed by atoms with van der Waals surface area (Å²) >= 11 is 0. The zero-order chi connectivity index (χ0) is 25.7. The van der Waals surface area contributed by atoms with E-state index in [2.05, 4.69) is 24.9 Å². The summed E-state index contributed by atoms with van der Waals surface area (Å²) in [6.45, 7) is 7.58. The molecule has 2 aliphatic heterocycles. The number of ether oxygens (including phenoxy) is 2. The van der Waals surface area contributed by atoms with E-state index in [1.165, 1.54) is 24.3 Å². The van der Waals surface area contributed by atoms with Crippen LogP contribution in [-0.4, -0.2) is 96.9 Å². The van der Waals surface area contributed by atoms with Crippen LogP contribution in [0.2, 0.25) is 0 Å². The number of fused-ring (bicyclic) bond motifs is 1. The molecule has 12 heteroatoms. The highest BCUT2D eigenvalue weighted by molar-refractivity contribution is 5.88. The van der Waals surface area contributed by atoms with Crippen molar-refractivity contribution in [2.75, 3.05) is 58.3 Å². The molecule has 196 valence electrons. The van der Waals surface area contributed by atoms with Crippen molar-refractivity contribution in [3.05, 3.63) is 30.1 Å². The fourth-order valence-electron chi connectivity index (χ4n) is 4.43. The Morgan fingerprint density at radius 1 is 1.14 bits per heavy atom. The van der Waals surface area contributed by atoms with Gasteiger partial charge in [0.1, 0.15) is 23.3 Å². The number of amides is 1. The standard InChI is InChI=1S/C24H31F3N6O3/c1-17(23(34)32-13-11-31(12-14-32)9-3-15-35-2)29-22-21(30-20-16-28-8-10-33(20)22)18-4-6-19(7-5-18)36-24(25,26)27/h4-7,16-17,29H,3,8-15H2,1-2H3. The molecule has 0 aliphatic carbocycles. The molecule has 2 aromatic rings. The van der Waals surface area contributed by atoms with Gasteiger partial charge in [-0.1, -0.05) is 0 Å². The van der Waals surface area contributed by atoms with Gasteiger partial charge in [-0.15, -0.1) is 13.2 Å². The van der Waals surface area contributed by atoms with Crippen LogP contribution in [0.1, 0.15) is 19.2 Å². The number of nitrogens with zero attached hydrogens (tertiary/aromatic N) is 5. The van der Waals surface area contributed by atoms with E-state index in [0.717, 1.165) is 32.7 Å². The zero-order valence-electron chi connectivity index (χ0n) is 20.4. The molecule has 1 unspecified atom stereocenters. The third kappa shape index (κ3) is 6.35. The number of benzene rings is 1. The highest BCUT2D eigenvalue weighted by Crippen LogP contribution is 2.32. The Balaban J connectivity index is 1.47. The molecule has 0 spiro atoms. The monoisotopic (exact) mass is 508 g/mol. The molecule has 1 atom stereocenters. The fraction of sp³-hybridized carbons (Fsp3) is 0.542. The van der Waals surface area contributed by atoms with Gasteiger partial charge >= 0.3 is 6.36 Å². The minimum atomic E-state index is -4.76. The van der Waals surface area contributed by atoms with Gasteiger partial charge in [0, 0.05) is 58.5 Å². The highest BCUT2D eigenvalue weighted by atomic mass is 19.4. The maximum atomic E-state index is 13.2. The van der Waals surface area contributed by atoms with Crippen LogP contribution in [0.4, 0.5) is 19.0 Å². The van der Waals surface area contributed by atoms with Crippen LogP contribution >= 0.6 is 0 Å². The molecule has 1 fully saturated rings. The maximum absolute atomic E-state index is 13.2. The number of nitrogens with one attached hydrogen (secondary N) is 1. The first-order chi connectivity index (χ1) is 17.2. The van der Waals surface area contributed by atoms with Crippen molar-refractivity contribution >= 4 is 17.9 Å². The van der Waals surface area contributed by atoms with Gasteiger partial charge in [0.15, 0.2) is 5.82 Å². The van der Waals surface area contributed by atoms with E-state index >= 15 is 0 Å². The minimum Gasteiger partial charge on any atom is -0.406 e. The van der Waals surface area contributed by atoms with Gasteiger partial charge in [0.05, 0.1) is 12.8 Å². The van der Waals surface area contributed by atoms with E-state index in [9.17, 15) is 18.0 Å². The number of rotatable bonds is 9. The molecule has 0 radical (unpaired) electrons. The first kappa shape index (κ1) is 26.0. The van der Waals surface area contributed by atoms with Gasteiger partial charge in [-0.25, -0.2) is 4.98 Å². The second-order valence-electron chi connectivity index (χ2n) is 8.81. The van der Waals surface area contributed by atoms with Crippen LogP contribution in [0.5, 0.6) is 5.75 Å². The smallest absolute Gasteiger partial charge is 0.406 e. The predicted molar refractivity (Wildman–Crippen MR) is 129 cm³/mol. The molecule has 1 aromatic carbocycles. The normalized spacial score (nSPS) is 17.1. The third-order valence-electron chi connectivity index (χ3n) is 6.25. The van der Waals surface area contributed by atoms with Gasteiger partial charge in [0.2, 0.25) is 5.91 Å². The molecular formula is C24H31F3N6O3. The number of anilines is 1. The largest absolute Gasteiger partial charge is 0.573 e. The number of alkyl halides is 3. The Bertz CT molecular complexity index is 1060. The van der Waals surface area contributed by atoms with Crippen molar-refractivity contribution in [2.24, 2.45) is 4.99 Å². The molecule has 4 rings (SSSR count). The van der Waals surface area contributed by atoms with E-state index < -0.39 is 12.4 Å². The average Bonchev–Trinajstić information content (AvgIpc) is 3.22. The summed E-state index contributed by atoms with van der Waals surface area (Å²) in [5.41, 5.74) is 1.14. The number of carbonyl (C=O) groups is 1. The van der Waals surface area contributed by atoms with Gasteiger partial charge < -0.3 is 24.3 Å². The van der Waals surface area contributed by atoms with Gasteiger partial charge in [-0.2, -0.15) is 0 Å². The molecule has 1 N–H and O–H groups in total. The Kier molecular flexibility index (Phi) is 8.14. The molecule has 9 nitrogen and oxygen atoms in total. The van der Waals surface area contributed by atoms with Crippen molar-refractivity contribution in [3.63, 3.8) is 0 Å². The van der Waals surface area contributed by atoms with Crippen LogP contribution < -0.4 is 10.1 Å². The molecule has 36 heavy (non-hydrogen) atoms. The number of halogens is 3. The summed E-state index contributed by atoms with van der Waals surface area (Å²) in [7, 11) is 1.69. The minimum absolute atomic E-state index is 0.00792. The van der Waals surface area contributed by atoms with Crippen LogP contribution in [0.3, 0.4) is 0 Å². The molecule has 0 bridgehead atoms. The topological polar surface area (TPSA) is 84.2 Å². The lowest BCUT2D eigenvalue weighted by molar-refractivity contribution is -0.274. The van der Waals surface area contributed by atoms with E-state index in [1.54, 1.807) is 13.3 Å². The van der Waals surface area contributed by atoms with E-state index in [-0.39, 0.29) is 11.7 Å². The summed E-state index contributed by atoms with van der Waals surface area (Å²) in [6, 6.07) is 5.02. The molecule has 2 aliphatic rings. The number of piperazine rings is 1. The molecule has 1 aromatic heterocycles. The molecule has 1 amide bonds. The number of imidazole rings is 1. The number of aliphatic imine (C=N–C) groups is 1. The maximum Gasteiger partial charge on any atom is 0.573 e. The Morgan fingerprint density at radius 2 is 1.86 bits per heavy atom.